The van der Waals surface area contributed by atoms with Crippen molar-refractivity contribution in [1.82, 2.24) is 9.29 Å². The molecule has 1 aliphatic heterocycles. The monoisotopic (exact) mass is 318 g/mol. The van der Waals surface area contributed by atoms with Crippen molar-refractivity contribution in [2.24, 2.45) is 0 Å². The molecule has 1 fully saturated rings. The minimum atomic E-state index is -3.47. The molecule has 5 nitrogen and oxygen atoms in total. The van der Waals surface area contributed by atoms with Crippen LogP contribution in [0.4, 0.5) is 0 Å². The minimum absolute atomic E-state index is 0.121. The molecule has 0 amide bonds. The SMILES string of the molecule is CC(C)(O)[C@@H]1CCCN1S(=O)(=O)Cc1ccc(Cl)nc1. The van der Waals surface area contributed by atoms with E-state index in [0.717, 1.165) is 6.42 Å². The highest BCUT2D eigenvalue weighted by Crippen LogP contribution is 2.30. The van der Waals surface area contributed by atoms with Crippen molar-refractivity contribution in [2.75, 3.05) is 6.54 Å². The summed E-state index contributed by atoms with van der Waals surface area (Å²) in [5.41, 5.74) is -0.447. The van der Waals surface area contributed by atoms with Gasteiger partial charge in [-0.1, -0.05) is 17.7 Å². The van der Waals surface area contributed by atoms with Crippen molar-refractivity contribution in [3.63, 3.8) is 0 Å². The fourth-order valence-corrected chi connectivity index (χ4v) is 4.59. The van der Waals surface area contributed by atoms with Gasteiger partial charge in [-0.05, 0) is 38.3 Å². The van der Waals surface area contributed by atoms with Crippen LogP contribution < -0.4 is 0 Å². The molecule has 0 aliphatic carbocycles. The van der Waals surface area contributed by atoms with Gasteiger partial charge < -0.3 is 5.11 Å². The number of nitrogens with zero attached hydrogens (tertiary/aromatic N) is 2. The third kappa shape index (κ3) is 3.49. The number of rotatable bonds is 4. The zero-order valence-corrected chi connectivity index (χ0v) is 13.2. The van der Waals surface area contributed by atoms with Gasteiger partial charge in [-0.15, -0.1) is 0 Å². The maximum Gasteiger partial charge on any atom is 0.218 e. The van der Waals surface area contributed by atoms with Gasteiger partial charge in [0.15, 0.2) is 0 Å². The second-order valence-electron chi connectivity index (χ2n) is 5.67. The molecule has 7 heteroatoms. The number of sulfonamides is 1. The predicted octanol–water partition coefficient (Wildman–Crippen LogP) is 1.80. The van der Waals surface area contributed by atoms with Crippen LogP contribution in [0.3, 0.4) is 0 Å². The molecule has 0 saturated carbocycles. The Morgan fingerprint density at radius 1 is 1.50 bits per heavy atom. The van der Waals surface area contributed by atoms with Gasteiger partial charge >= 0.3 is 0 Å². The molecule has 112 valence electrons. The van der Waals surface area contributed by atoms with Gasteiger partial charge in [0, 0.05) is 12.7 Å². The van der Waals surface area contributed by atoms with E-state index in [1.165, 1.54) is 10.5 Å². The van der Waals surface area contributed by atoms with E-state index in [9.17, 15) is 13.5 Å². The standard InChI is InChI=1S/C13H19ClN2O3S/c1-13(2,17)11-4-3-7-16(11)20(18,19)9-10-5-6-12(14)15-8-10/h5-6,8,11,17H,3-4,7,9H2,1-2H3/t11-/m0/s1. The van der Waals surface area contributed by atoms with Crippen LogP contribution in [-0.4, -0.2) is 41.0 Å². The molecule has 0 bridgehead atoms. The van der Waals surface area contributed by atoms with Gasteiger partial charge in [-0.3, -0.25) is 0 Å². The van der Waals surface area contributed by atoms with Crippen molar-refractivity contribution in [3.8, 4) is 0 Å². The zero-order chi connectivity index (χ0) is 15.0. The molecule has 1 aromatic rings. The lowest BCUT2D eigenvalue weighted by atomic mass is 9.98. The summed E-state index contributed by atoms with van der Waals surface area (Å²) in [6, 6.07) is 2.86. The molecule has 1 aliphatic rings. The fraction of sp³-hybridized carbons (Fsp3) is 0.615. The Labute approximate surface area is 124 Å². The number of pyridine rings is 1. The lowest BCUT2D eigenvalue weighted by Gasteiger charge is -2.33. The number of aromatic nitrogens is 1. The average molecular weight is 319 g/mol. The summed E-state index contributed by atoms with van der Waals surface area (Å²) in [4.78, 5) is 3.89. The Balaban J connectivity index is 2.20. The molecular formula is C13H19ClN2O3S. The van der Waals surface area contributed by atoms with Crippen molar-refractivity contribution in [2.45, 2.75) is 44.1 Å². The molecule has 0 spiro atoms. The fourth-order valence-electron chi connectivity index (χ4n) is 2.56. The summed E-state index contributed by atoms with van der Waals surface area (Å²) in [6.45, 7) is 3.75. The first-order chi connectivity index (χ1) is 9.20. The third-order valence-electron chi connectivity index (χ3n) is 3.51. The molecule has 2 heterocycles. The van der Waals surface area contributed by atoms with Crippen LogP contribution in [0.5, 0.6) is 0 Å². The molecule has 1 N–H and O–H groups in total. The van der Waals surface area contributed by atoms with E-state index < -0.39 is 15.6 Å². The van der Waals surface area contributed by atoms with Gasteiger partial charge in [0.2, 0.25) is 10.0 Å². The predicted molar refractivity (Wildman–Crippen MR) is 77.9 cm³/mol. The Kier molecular flexibility index (Phi) is 4.39. The number of halogens is 1. The second-order valence-corrected chi connectivity index (χ2v) is 7.98. The van der Waals surface area contributed by atoms with E-state index in [1.54, 1.807) is 26.0 Å². The molecule has 1 aromatic heterocycles. The molecule has 2 rings (SSSR count). The van der Waals surface area contributed by atoms with Crippen LogP contribution >= 0.6 is 11.6 Å². The van der Waals surface area contributed by atoms with E-state index in [4.69, 9.17) is 11.6 Å². The molecule has 20 heavy (non-hydrogen) atoms. The van der Waals surface area contributed by atoms with Gasteiger partial charge in [0.05, 0.1) is 17.4 Å². The first-order valence-corrected chi connectivity index (χ1v) is 8.51. The van der Waals surface area contributed by atoms with Crippen molar-refractivity contribution < 1.29 is 13.5 Å². The van der Waals surface area contributed by atoms with E-state index in [2.05, 4.69) is 4.98 Å². The normalized spacial score (nSPS) is 21.3. The first-order valence-electron chi connectivity index (χ1n) is 6.52. The summed E-state index contributed by atoms with van der Waals surface area (Å²) >= 11 is 5.69. The van der Waals surface area contributed by atoms with Crippen LogP contribution in [-0.2, 0) is 15.8 Å². The minimum Gasteiger partial charge on any atom is -0.389 e. The van der Waals surface area contributed by atoms with Crippen LogP contribution in [0.25, 0.3) is 0 Å². The summed E-state index contributed by atoms with van der Waals surface area (Å²) in [5, 5.41) is 10.5. The lowest BCUT2D eigenvalue weighted by Crippen LogP contribution is -2.48. The highest BCUT2D eigenvalue weighted by Gasteiger charge is 2.41. The van der Waals surface area contributed by atoms with Gasteiger partial charge in [-0.25, -0.2) is 13.4 Å². The van der Waals surface area contributed by atoms with E-state index in [0.29, 0.717) is 23.7 Å². The molecular weight excluding hydrogens is 300 g/mol. The average Bonchev–Trinajstić information content (AvgIpc) is 2.81. The molecule has 1 saturated heterocycles. The first kappa shape index (κ1) is 15.7. The maximum atomic E-state index is 12.5. The Morgan fingerprint density at radius 3 is 2.75 bits per heavy atom. The number of hydrogen-bond donors (Lipinski definition) is 1. The highest BCUT2D eigenvalue weighted by molar-refractivity contribution is 7.88. The summed E-state index contributed by atoms with van der Waals surface area (Å²) < 4.78 is 26.4. The van der Waals surface area contributed by atoms with Crippen molar-refractivity contribution in [1.29, 1.82) is 0 Å². The van der Waals surface area contributed by atoms with Gasteiger partial charge in [0.1, 0.15) is 5.15 Å². The Bertz CT molecular complexity index is 566. The summed E-state index contributed by atoms with van der Waals surface area (Å²) in [5.74, 6) is -0.121. The van der Waals surface area contributed by atoms with Crippen LogP contribution in [0, 0.1) is 0 Å². The molecule has 0 radical (unpaired) electrons. The van der Waals surface area contributed by atoms with Crippen LogP contribution in [0.2, 0.25) is 5.15 Å². The largest absolute Gasteiger partial charge is 0.389 e. The number of aliphatic hydroxyl groups is 1. The topological polar surface area (TPSA) is 70.5 Å². The maximum absolute atomic E-state index is 12.5. The van der Waals surface area contributed by atoms with Gasteiger partial charge in [-0.2, -0.15) is 4.31 Å². The van der Waals surface area contributed by atoms with E-state index in [-0.39, 0.29) is 11.8 Å². The molecule has 0 aromatic carbocycles. The smallest absolute Gasteiger partial charge is 0.218 e. The Morgan fingerprint density at radius 2 is 2.20 bits per heavy atom. The molecule has 1 atom stereocenters. The van der Waals surface area contributed by atoms with E-state index >= 15 is 0 Å². The lowest BCUT2D eigenvalue weighted by molar-refractivity contribution is 0.0214. The van der Waals surface area contributed by atoms with Crippen LogP contribution in [0.15, 0.2) is 18.3 Å². The Hall–Kier alpha value is -0.690. The van der Waals surface area contributed by atoms with Crippen LogP contribution in [0.1, 0.15) is 32.3 Å². The quantitative estimate of drug-likeness (QED) is 0.859. The van der Waals surface area contributed by atoms with Crippen molar-refractivity contribution in [3.05, 3.63) is 29.0 Å². The van der Waals surface area contributed by atoms with E-state index in [1.807, 2.05) is 0 Å². The summed E-state index contributed by atoms with van der Waals surface area (Å²) in [7, 11) is -3.47. The third-order valence-corrected chi connectivity index (χ3v) is 5.59. The summed E-state index contributed by atoms with van der Waals surface area (Å²) in [6.07, 6.45) is 2.92. The molecule has 0 unspecified atom stereocenters. The second kappa shape index (κ2) is 5.60. The van der Waals surface area contributed by atoms with Crippen molar-refractivity contribution >= 4 is 21.6 Å². The van der Waals surface area contributed by atoms with Gasteiger partial charge in [0.25, 0.3) is 0 Å². The highest BCUT2D eigenvalue weighted by atomic mass is 35.5. The number of hydrogen-bond acceptors (Lipinski definition) is 4. The zero-order valence-electron chi connectivity index (χ0n) is 11.6.